The maximum atomic E-state index is 12.8. The molecule has 11 heteroatoms. The van der Waals surface area contributed by atoms with Crippen LogP contribution < -0.4 is 21.3 Å². The highest BCUT2D eigenvalue weighted by Crippen LogP contribution is 2.18. The lowest BCUT2D eigenvalue weighted by Gasteiger charge is -2.10. The summed E-state index contributed by atoms with van der Waals surface area (Å²) in [4.78, 5) is 50.7. The molecule has 0 bridgehead atoms. The number of amides is 4. The van der Waals surface area contributed by atoms with Gasteiger partial charge < -0.3 is 35.3 Å². The summed E-state index contributed by atoms with van der Waals surface area (Å²) in [6, 6.07) is 9.68. The van der Waals surface area contributed by atoms with E-state index in [1.165, 1.54) is 0 Å². The van der Waals surface area contributed by atoms with Gasteiger partial charge in [-0.3, -0.25) is 19.2 Å². The Morgan fingerprint density at radius 1 is 0.861 bits per heavy atom. The topological polar surface area (TPSA) is 130 Å². The third-order valence-electron chi connectivity index (χ3n) is 5.41. The van der Waals surface area contributed by atoms with Crippen LogP contribution in [0.4, 0.5) is 17.1 Å². The number of nitrogens with zero attached hydrogens (tertiary/aromatic N) is 3. The van der Waals surface area contributed by atoms with E-state index in [-0.39, 0.29) is 11.8 Å². The van der Waals surface area contributed by atoms with Crippen LogP contribution in [0.5, 0.6) is 0 Å². The predicted molar refractivity (Wildman–Crippen MR) is 138 cm³/mol. The maximum absolute atomic E-state index is 12.8. The van der Waals surface area contributed by atoms with Gasteiger partial charge in [-0.15, -0.1) is 0 Å². The van der Waals surface area contributed by atoms with Crippen LogP contribution in [0.2, 0.25) is 0 Å². The molecule has 0 aliphatic carbocycles. The number of anilines is 3. The molecule has 4 amide bonds. The quantitative estimate of drug-likeness (QED) is 0.240. The second-order valence-electron chi connectivity index (χ2n) is 8.61. The molecule has 36 heavy (non-hydrogen) atoms. The van der Waals surface area contributed by atoms with E-state index < -0.39 is 5.91 Å². The largest absolute Gasteiger partial charge is 0.351 e. The summed E-state index contributed by atoms with van der Waals surface area (Å²) >= 11 is 0. The SMILES string of the molecule is CN(C)CCCNC(=O)c1cc(NC(=O)c2cccc(NC(=O)c3cc(NC=O)cn3C)c2)cn1C. The Bertz CT molecular complexity index is 1260. The third kappa shape index (κ3) is 6.83. The van der Waals surface area contributed by atoms with Gasteiger partial charge in [0.1, 0.15) is 11.4 Å². The van der Waals surface area contributed by atoms with E-state index >= 15 is 0 Å². The molecule has 0 spiro atoms. The van der Waals surface area contributed by atoms with Crippen molar-refractivity contribution in [2.24, 2.45) is 14.1 Å². The summed E-state index contributed by atoms with van der Waals surface area (Å²) < 4.78 is 3.24. The van der Waals surface area contributed by atoms with Gasteiger partial charge in [-0.25, -0.2) is 0 Å². The molecule has 190 valence electrons. The molecule has 11 nitrogen and oxygen atoms in total. The number of benzene rings is 1. The molecule has 0 aliphatic rings. The first kappa shape index (κ1) is 26.2. The number of rotatable bonds is 11. The molecule has 2 aromatic heterocycles. The van der Waals surface area contributed by atoms with E-state index in [1.54, 1.807) is 72.0 Å². The highest BCUT2D eigenvalue weighted by atomic mass is 16.2. The highest BCUT2D eigenvalue weighted by molar-refractivity contribution is 6.07. The molecule has 0 saturated heterocycles. The van der Waals surface area contributed by atoms with Gasteiger partial charge in [0.15, 0.2) is 0 Å². The number of aromatic nitrogens is 2. The summed E-state index contributed by atoms with van der Waals surface area (Å²) in [5, 5.41) is 10.9. The van der Waals surface area contributed by atoms with E-state index in [4.69, 9.17) is 0 Å². The highest BCUT2D eigenvalue weighted by Gasteiger charge is 2.16. The van der Waals surface area contributed by atoms with Crippen LogP contribution in [0.25, 0.3) is 0 Å². The molecule has 0 unspecified atom stereocenters. The zero-order valence-electron chi connectivity index (χ0n) is 20.8. The first-order chi connectivity index (χ1) is 17.2. The van der Waals surface area contributed by atoms with E-state index in [0.29, 0.717) is 47.0 Å². The van der Waals surface area contributed by atoms with Crippen molar-refractivity contribution in [3.63, 3.8) is 0 Å². The second-order valence-corrected chi connectivity index (χ2v) is 8.61. The van der Waals surface area contributed by atoms with Gasteiger partial charge in [0.2, 0.25) is 6.41 Å². The molecular formula is C25H31N7O4. The molecular weight excluding hydrogens is 462 g/mol. The molecule has 3 rings (SSSR count). The van der Waals surface area contributed by atoms with Crippen molar-refractivity contribution in [1.29, 1.82) is 0 Å². The maximum Gasteiger partial charge on any atom is 0.272 e. The van der Waals surface area contributed by atoms with E-state index in [9.17, 15) is 19.2 Å². The number of hydrogen-bond acceptors (Lipinski definition) is 5. The zero-order valence-corrected chi connectivity index (χ0v) is 20.8. The molecule has 0 radical (unpaired) electrons. The van der Waals surface area contributed by atoms with Crippen molar-refractivity contribution in [2.45, 2.75) is 6.42 Å². The first-order valence-corrected chi connectivity index (χ1v) is 11.4. The first-order valence-electron chi connectivity index (χ1n) is 11.4. The van der Waals surface area contributed by atoms with Crippen molar-refractivity contribution in [2.75, 3.05) is 43.1 Å². The number of carbonyl (C=O) groups is 4. The zero-order chi connectivity index (χ0) is 26.2. The van der Waals surface area contributed by atoms with Crippen molar-refractivity contribution in [3.05, 3.63) is 65.7 Å². The van der Waals surface area contributed by atoms with Gasteiger partial charge in [0, 0.05) is 44.3 Å². The number of carbonyl (C=O) groups excluding carboxylic acids is 4. The van der Waals surface area contributed by atoms with Crippen molar-refractivity contribution < 1.29 is 19.2 Å². The van der Waals surface area contributed by atoms with Crippen molar-refractivity contribution in [3.8, 4) is 0 Å². The Morgan fingerprint density at radius 3 is 2.19 bits per heavy atom. The van der Waals surface area contributed by atoms with Gasteiger partial charge >= 0.3 is 0 Å². The summed E-state index contributed by atoms with van der Waals surface area (Å²) in [7, 11) is 7.38. The van der Waals surface area contributed by atoms with Crippen LogP contribution in [-0.4, -0.2) is 65.4 Å². The molecule has 0 atom stereocenters. The molecule has 1 aromatic carbocycles. The lowest BCUT2D eigenvalue weighted by molar-refractivity contribution is -0.105. The summed E-state index contributed by atoms with van der Waals surface area (Å²) in [6.45, 7) is 1.43. The molecule has 0 fully saturated rings. The smallest absolute Gasteiger partial charge is 0.272 e. The van der Waals surface area contributed by atoms with Gasteiger partial charge in [-0.05, 0) is 57.4 Å². The lowest BCUT2D eigenvalue weighted by atomic mass is 10.2. The minimum Gasteiger partial charge on any atom is -0.351 e. The number of aryl methyl sites for hydroxylation is 2. The molecule has 0 saturated carbocycles. The minimum atomic E-state index is -0.390. The van der Waals surface area contributed by atoms with Gasteiger partial charge in [-0.1, -0.05) is 6.07 Å². The Labute approximate surface area is 209 Å². The fourth-order valence-electron chi connectivity index (χ4n) is 3.62. The molecule has 4 N–H and O–H groups in total. The minimum absolute atomic E-state index is 0.214. The Morgan fingerprint density at radius 2 is 1.50 bits per heavy atom. The average Bonchev–Trinajstić information content (AvgIpc) is 3.38. The summed E-state index contributed by atoms with van der Waals surface area (Å²) in [6.07, 6.45) is 4.65. The average molecular weight is 494 g/mol. The Hall–Kier alpha value is -4.38. The summed E-state index contributed by atoms with van der Waals surface area (Å²) in [5.41, 5.74) is 2.52. The van der Waals surface area contributed by atoms with Crippen LogP contribution in [-0.2, 0) is 18.9 Å². The molecule has 2 heterocycles. The van der Waals surface area contributed by atoms with Gasteiger partial charge in [-0.2, -0.15) is 0 Å². The van der Waals surface area contributed by atoms with Crippen LogP contribution in [0.15, 0.2) is 48.8 Å². The second kappa shape index (κ2) is 11.8. The van der Waals surface area contributed by atoms with Gasteiger partial charge in [0.05, 0.1) is 11.4 Å². The number of hydrogen-bond donors (Lipinski definition) is 4. The van der Waals surface area contributed by atoms with Crippen molar-refractivity contribution >= 4 is 41.2 Å². The van der Waals surface area contributed by atoms with Crippen LogP contribution in [0.3, 0.4) is 0 Å². The van der Waals surface area contributed by atoms with Crippen molar-refractivity contribution in [1.82, 2.24) is 19.4 Å². The number of nitrogens with one attached hydrogen (secondary N) is 4. The van der Waals surface area contributed by atoms with Gasteiger partial charge in [0.25, 0.3) is 17.7 Å². The fourth-order valence-corrected chi connectivity index (χ4v) is 3.62. The fraction of sp³-hybridized carbons (Fsp3) is 0.280. The predicted octanol–water partition coefficient (Wildman–Crippen LogP) is 2.12. The Kier molecular flexibility index (Phi) is 8.63. The molecule has 0 aliphatic heterocycles. The van der Waals surface area contributed by atoms with Crippen LogP contribution >= 0.6 is 0 Å². The monoisotopic (exact) mass is 493 g/mol. The van der Waals surface area contributed by atoms with E-state index in [1.807, 2.05) is 19.0 Å². The van der Waals surface area contributed by atoms with E-state index in [0.717, 1.165) is 13.0 Å². The van der Waals surface area contributed by atoms with E-state index in [2.05, 4.69) is 21.3 Å². The normalized spacial score (nSPS) is 10.7. The molecule has 3 aromatic rings. The standard InChI is InChI=1S/C25H31N7O4/c1-30(2)10-6-9-26-24(35)21-13-20(15-32(21)4)29-23(34)17-7-5-8-18(11-17)28-25(36)22-12-19(27-16-33)14-31(22)3/h5,7-8,11-16H,6,9-10H2,1-4H3,(H,26,35)(H,27,33)(H,28,36)(H,29,34). The third-order valence-corrected chi connectivity index (χ3v) is 5.41. The van der Waals surface area contributed by atoms with Crippen LogP contribution in [0, 0.1) is 0 Å². The lowest BCUT2D eigenvalue weighted by Crippen LogP contribution is -2.28. The Balaban J connectivity index is 1.63. The summed E-state index contributed by atoms with van der Waals surface area (Å²) in [5.74, 6) is -0.988. The van der Waals surface area contributed by atoms with Crippen LogP contribution in [0.1, 0.15) is 37.8 Å².